The maximum Gasteiger partial charge on any atom is 0.124 e. The smallest absolute Gasteiger partial charge is 0.124 e. The zero-order valence-electron chi connectivity index (χ0n) is 11.4. The fourth-order valence-electron chi connectivity index (χ4n) is 5.09. The number of hydrogen-bond acceptors (Lipinski definition) is 2. The van der Waals surface area contributed by atoms with Gasteiger partial charge in [-0.15, -0.1) is 0 Å². The second kappa shape index (κ2) is 4.52. The van der Waals surface area contributed by atoms with Crippen LogP contribution < -0.4 is 10.5 Å². The lowest BCUT2D eigenvalue weighted by atomic mass is 9.80. The van der Waals surface area contributed by atoms with Gasteiger partial charge in [0.15, 0.2) is 0 Å². The maximum absolute atomic E-state index is 6.36. The van der Waals surface area contributed by atoms with Crippen molar-refractivity contribution >= 4 is 0 Å². The van der Waals surface area contributed by atoms with Crippen LogP contribution in [-0.2, 0) is 6.54 Å². The molecule has 3 aliphatic rings. The van der Waals surface area contributed by atoms with Gasteiger partial charge in [0.2, 0.25) is 0 Å². The third-order valence-electron chi connectivity index (χ3n) is 5.84. The molecule has 3 fully saturated rings. The van der Waals surface area contributed by atoms with E-state index in [1.807, 2.05) is 6.07 Å². The van der Waals surface area contributed by atoms with Crippen molar-refractivity contribution in [1.29, 1.82) is 0 Å². The summed E-state index contributed by atoms with van der Waals surface area (Å²) < 4.78 is 6.36. The fraction of sp³-hybridized carbons (Fsp3) is 0.647. The van der Waals surface area contributed by atoms with Gasteiger partial charge in [-0.1, -0.05) is 24.6 Å². The number of ether oxygens (including phenoxy) is 1. The Balaban J connectivity index is 1.53. The van der Waals surface area contributed by atoms with E-state index in [1.165, 1.54) is 32.1 Å². The predicted octanol–water partition coefficient (Wildman–Crippen LogP) is 3.35. The van der Waals surface area contributed by atoms with Gasteiger partial charge in [0.1, 0.15) is 11.9 Å². The Morgan fingerprint density at radius 1 is 1.05 bits per heavy atom. The van der Waals surface area contributed by atoms with Crippen molar-refractivity contribution < 1.29 is 4.74 Å². The molecule has 2 N–H and O–H groups in total. The molecule has 0 saturated heterocycles. The molecule has 0 spiro atoms. The molecule has 1 aromatic rings. The minimum absolute atomic E-state index is 0.456. The molecule has 102 valence electrons. The molecule has 0 radical (unpaired) electrons. The van der Waals surface area contributed by atoms with Crippen LogP contribution >= 0.6 is 0 Å². The Kier molecular flexibility index (Phi) is 2.80. The monoisotopic (exact) mass is 257 g/mol. The van der Waals surface area contributed by atoms with E-state index in [0.29, 0.717) is 12.6 Å². The Hall–Kier alpha value is -1.02. The lowest BCUT2D eigenvalue weighted by Crippen LogP contribution is -2.32. The summed E-state index contributed by atoms with van der Waals surface area (Å²) in [5, 5.41) is 0. The minimum atomic E-state index is 0.456. The summed E-state index contributed by atoms with van der Waals surface area (Å²) in [5.74, 6) is 4.80. The summed E-state index contributed by atoms with van der Waals surface area (Å²) in [6.45, 7) is 0.572. The first-order valence-electron chi connectivity index (χ1n) is 7.81. The SMILES string of the molecule is NCc1ccccc1OC1CC2CC1C1CCCC21. The molecular formula is C17H23NO. The number of benzene rings is 1. The molecular weight excluding hydrogens is 234 g/mol. The summed E-state index contributed by atoms with van der Waals surface area (Å²) in [6.07, 6.45) is 7.55. The molecule has 1 aromatic carbocycles. The first-order chi connectivity index (χ1) is 9.36. The molecule has 19 heavy (non-hydrogen) atoms. The largest absolute Gasteiger partial charge is 0.490 e. The van der Waals surface area contributed by atoms with Crippen LogP contribution in [0.15, 0.2) is 24.3 Å². The zero-order valence-corrected chi connectivity index (χ0v) is 11.4. The van der Waals surface area contributed by atoms with Gasteiger partial charge in [0, 0.05) is 12.1 Å². The van der Waals surface area contributed by atoms with E-state index in [1.54, 1.807) is 0 Å². The molecule has 0 heterocycles. The third-order valence-corrected chi connectivity index (χ3v) is 5.84. The molecule has 5 atom stereocenters. The van der Waals surface area contributed by atoms with E-state index >= 15 is 0 Å². The van der Waals surface area contributed by atoms with E-state index < -0.39 is 0 Å². The van der Waals surface area contributed by atoms with Crippen molar-refractivity contribution in [2.45, 2.75) is 44.8 Å². The number of nitrogens with two attached hydrogens (primary N) is 1. The Morgan fingerprint density at radius 3 is 2.79 bits per heavy atom. The molecule has 0 aliphatic heterocycles. The molecule has 0 amide bonds. The summed E-state index contributed by atoms with van der Waals surface area (Å²) >= 11 is 0. The molecule has 0 aromatic heterocycles. The Labute approximate surface area is 115 Å². The van der Waals surface area contributed by atoms with Crippen LogP contribution in [0.1, 0.15) is 37.7 Å². The zero-order chi connectivity index (χ0) is 12.8. The van der Waals surface area contributed by atoms with E-state index in [2.05, 4.69) is 18.2 Å². The van der Waals surface area contributed by atoms with Crippen LogP contribution in [0, 0.1) is 23.7 Å². The maximum atomic E-state index is 6.36. The highest BCUT2D eigenvalue weighted by Gasteiger charge is 2.54. The Morgan fingerprint density at radius 2 is 1.89 bits per heavy atom. The third kappa shape index (κ3) is 1.80. The first kappa shape index (κ1) is 11.8. The van der Waals surface area contributed by atoms with Crippen molar-refractivity contribution in [3.8, 4) is 5.75 Å². The van der Waals surface area contributed by atoms with Gasteiger partial charge < -0.3 is 10.5 Å². The van der Waals surface area contributed by atoms with Gasteiger partial charge >= 0.3 is 0 Å². The summed E-state index contributed by atoms with van der Waals surface area (Å²) in [5.41, 5.74) is 6.95. The standard InChI is InChI=1S/C17H23NO/c18-10-11-4-1-2-7-16(11)19-17-9-12-8-15(17)14-6-3-5-13(12)14/h1-2,4,7,12-15,17H,3,5-6,8-10,18H2. The van der Waals surface area contributed by atoms with E-state index in [0.717, 1.165) is 35.0 Å². The predicted molar refractivity (Wildman–Crippen MR) is 75.8 cm³/mol. The fourth-order valence-corrected chi connectivity index (χ4v) is 5.09. The molecule has 2 bridgehead atoms. The van der Waals surface area contributed by atoms with Crippen molar-refractivity contribution in [2.24, 2.45) is 29.4 Å². The summed E-state index contributed by atoms with van der Waals surface area (Å²) in [6, 6.07) is 8.27. The van der Waals surface area contributed by atoms with Gasteiger partial charge in [0.25, 0.3) is 0 Å². The normalized spacial score (nSPS) is 39.5. The highest BCUT2D eigenvalue weighted by molar-refractivity contribution is 5.33. The van der Waals surface area contributed by atoms with Crippen LogP contribution in [0.3, 0.4) is 0 Å². The first-order valence-corrected chi connectivity index (χ1v) is 7.81. The molecule has 2 nitrogen and oxygen atoms in total. The lowest BCUT2D eigenvalue weighted by molar-refractivity contribution is 0.0834. The Bertz CT molecular complexity index is 472. The number of hydrogen-bond donors (Lipinski definition) is 1. The molecule has 2 heteroatoms. The van der Waals surface area contributed by atoms with E-state index in [-0.39, 0.29) is 0 Å². The number of fused-ring (bicyclic) bond motifs is 5. The topological polar surface area (TPSA) is 35.2 Å². The molecule has 4 rings (SSSR count). The minimum Gasteiger partial charge on any atom is -0.490 e. The lowest BCUT2D eigenvalue weighted by Gasteiger charge is -2.32. The van der Waals surface area contributed by atoms with Crippen LogP contribution in [0.5, 0.6) is 5.75 Å². The molecule has 3 saturated carbocycles. The summed E-state index contributed by atoms with van der Waals surface area (Å²) in [4.78, 5) is 0. The van der Waals surface area contributed by atoms with Crippen molar-refractivity contribution in [3.63, 3.8) is 0 Å². The quantitative estimate of drug-likeness (QED) is 0.901. The van der Waals surface area contributed by atoms with Crippen LogP contribution in [0.25, 0.3) is 0 Å². The number of rotatable bonds is 3. The number of para-hydroxylation sites is 1. The van der Waals surface area contributed by atoms with Gasteiger partial charge in [0.05, 0.1) is 0 Å². The van der Waals surface area contributed by atoms with Crippen LogP contribution in [0.2, 0.25) is 0 Å². The van der Waals surface area contributed by atoms with Crippen molar-refractivity contribution in [3.05, 3.63) is 29.8 Å². The average molecular weight is 257 g/mol. The van der Waals surface area contributed by atoms with Crippen molar-refractivity contribution in [2.75, 3.05) is 0 Å². The average Bonchev–Trinajstić information content (AvgIpc) is 3.11. The second-order valence-electron chi connectivity index (χ2n) is 6.62. The second-order valence-corrected chi connectivity index (χ2v) is 6.62. The van der Waals surface area contributed by atoms with Gasteiger partial charge in [-0.3, -0.25) is 0 Å². The molecule has 5 unspecified atom stereocenters. The van der Waals surface area contributed by atoms with Crippen LogP contribution in [-0.4, -0.2) is 6.10 Å². The van der Waals surface area contributed by atoms with Gasteiger partial charge in [-0.05, 0) is 55.4 Å². The highest BCUT2D eigenvalue weighted by Crippen LogP contribution is 2.59. The van der Waals surface area contributed by atoms with Crippen LogP contribution in [0.4, 0.5) is 0 Å². The van der Waals surface area contributed by atoms with Crippen molar-refractivity contribution in [1.82, 2.24) is 0 Å². The van der Waals surface area contributed by atoms with Gasteiger partial charge in [-0.2, -0.15) is 0 Å². The van der Waals surface area contributed by atoms with E-state index in [9.17, 15) is 0 Å². The summed E-state index contributed by atoms with van der Waals surface area (Å²) in [7, 11) is 0. The highest BCUT2D eigenvalue weighted by atomic mass is 16.5. The van der Waals surface area contributed by atoms with Gasteiger partial charge in [-0.25, -0.2) is 0 Å². The molecule has 3 aliphatic carbocycles. The van der Waals surface area contributed by atoms with E-state index in [4.69, 9.17) is 10.5 Å².